The van der Waals surface area contributed by atoms with Crippen LogP contribution in [0.2, 0.25) is 0 Å². The Morgan fingerprint density at radius 3 is 2.15 bits per heavy atom. The Labute approximate surface area is 155 Å². The van der Waals surface area contributed by atoms with Crippen molar-refractivity contribution in [2.24, 2.45) is 5.73 Å². The normalized spacial score (nSPS) is 35.0. The van der Waals surface area contributed by atoms with E-state index in [0.717, 1.165) is 6.42 Å². The van der Waals surface area contributed by atoms with Crippen molar-refractivity contribution >= 4 is 16.1 Å². The monoisotopic (exact) mass is 390 g/mol. The summed E-state index contributed by atoms with van der Waals surface area (Å²) in [7, 11) is -3.53. The molecular weight excluding hydrogens is 360 g/mol. The molecule has 0 aliphatic carbocycles. The average Bonchev–Trinajstić information content (AvgIpc) is 3.09. The van der Waals surface area contributed by atoms with Crippen molar-refractivity contribution in [2.75, 3.05) is 45.8 Å². The first-order chi connectivity index (χ1) is 12.3. The zero-order valence-corrected chi connectivity index (χ0v) is 16.4. The molecule has 1 amide bonds. The minimum Gasteiger partial charge on any atom is -0.373 e. The van der Waals surface area contributed by atoms with Crippen molar-refractivity contribution in [3.8, 4) is 0 Å². The number of piperazine rings is 1. The van der Waals surface area contributed by atoms with Crippen LogP contribution in [0, 0.1) is 0 Å². The molecule has 0 aromatic carbocycles. The summed E-state index contributed by atoms with van der Waals surface area (Å²) in [6.45, 7) is 6.30. The third-order valence-electron chi connectivity index (χ3n) is 5.23. The number of ether oxygens (including phenoxy) is 2. The summed E-state index contributed by atoms with van der Waals surface area (Å²) in [6, 6.07) is 0. The molecule has 10 heteroatoms. The van der Waals surface area contributed by atoms with E-state index in [1.807, 2.05) is 13.8 Å². The Morgan fingerprint density at radius 2 is 1.62 bits per heavy atom. The highest BCUT2D eigenvalue weighted by Gasteiger charge is 2.39. The fourth-order valence-corrected chi connectivity index (χ4v) is 5.63. The lowest BCUT2D eigenvalue weighted by Gasteiger charge is -2.40. The Hall–Kier alpha value is -0.780. The van der Waals surface area contributed by atoms with E-state index >= 15 is 0 Å². The summed E-state index contributed by atoms with van der Waals surface area (Å²) in [5.74, 6) is -0.0494. The van der Waals surface area contributed by atoms with E-state index < -0.39 is 16.3 Å². The number of amides is 1. The van der Waals surface area contributed by atoms with Crippen LogP contribution < -0.4 is 5.73 Å². The largest absolute Gasteiger partial charge is 0.373 e. The second kappa shape index (κ2) is 8.07. The van der Waals surface area contributed by atoms with E-state index in [9.17, 15) is 13.2 Å². The molecule has 9 nitrogen and oxygen atoms in total. The Bertz CT molecular complexity index is 598. The number of hydrogen-bond donors (Lipinski definition) is 1. The van der Waals surface area contributed by atoms with Crippen molar-refractivity contribution in [1.82, 2.24) is 13.5 Å². The summed E-state index contributed by atoms with van der Waals surface area (Å²) in [4.78, 5) is 14.3. The molecule has 3 saturated heterocycles. The quantitative estimate of drug-likeness (QED) is 0.660. The molecule has 0 spiro atoms. The molecule has 0 bridgehead atoms. The second-order valence-corrected chi connectivity index (χ2v) is 9.29. The maximum Gasteiger partial charge on any atom is 0.282 e. The number of nitrogens with zero attached hydrogens (tertiary/aromatic N) is 3. The van der Waals surface area contributed by atoms with E-state index in [1.54, 1.807) is 4.90 Å². The zero-order chi connectivity index (χ0) is 18.9. The summed E-state index contributed by atoms with van der Waals surface area (Å²) >= 11 is 0. The SMILES string of the molecule is CC1CN(S(=O)(=O)N2CCN(C(=O)[C@@H]3CC[C@H](CN)O3)CC2)CC(C)O1. The van der Waals surface area contributed by atoms with E-state index in [-0.39, 0.29) is 24.2 Å². The molecule has 3 fully saturated rings. The van der Waals surface area contributed by atoms with Crippen LogP contribution >= 0.6 is 0 Å². The van der Waals surface area contributed by atoms with Gasteiger partial charge in [-0.15, -0.1) is 0 Å². The van der Waals surface area contributed by atoms with Gasteiger partial charge in [0.2, 0.25) is 0 Å². The summed E-state index contributed by atoms with van der Waals surface area (Å²) in [5, 5.41) is 0. The maximum absolute atomic E-state index is 12.9. The summed E-state index contributed by atoms with van der Waals surface area (Å²) < 4.78 is 40.1. The molecule has 3 heterocycles. The summed E-state index contributed by atoms with van der Waals surface area (Å²) in [5.41, 5.74) is 5.59. The summed E-state index contributed by atoms with van der Waals surface area (Å²) in [6.07, 6.45) is 0.763. The van der Waals surface area contributed by atoms with Gasteiger partial charge in [-0.1, -0.05) is 0 Å². The van der Waals surface area contributed by atoms with Gasteiger partial charge < -0.3 is 20.1 Å². The molecule has 2 unspecified atom stereocenters. The number of rotatable bonds is 4. The fraction of sp³-hybridized carbons (Fsp3) is 0.938. The first-order valence-corrected chi connectivity index (χ1v) is 10.8. The number of morpholine rings is 1. The Kier molecular flexibility index (Phi) is 6.20. The highest BCUT2D eigenvalue weighted by molar-refractivity contribution is 7.86. The molecule has 4 atom stereocenters. The molecule has 150 valence electrons. The van der Waals surface area contributed by atoms with Crippen LogP contribution in [0.1, 0.15) is 26.7 Å². The van der Waals surface area contributed by atoms with Crippen molar-refractivity contribution in [3.63, 3.8) is 0 Å². The lowest BCUT2D eigenvalue weighted by molar-refractivity contribution is -0.144. The number of nitrogens with two attached hydrogens (primary N) is 1. The van der Waals surface area contributed by atoms with Crippen LogP contribution in [0.3, 0.4) is 0 Å². The first-order valence-electron chi connectivity index (χ1n) is 9.36. The topological polar surface area (TPSA) is 105 Å². The third-order valence-corrected chi connectivity index (χ3v) is 7.20. The minimum atomic E-state index is -3.53. The third kappa shape index (κ3) is 4.20. The molecule has 3 aliphatic heterocycles. The van der Waals surface area contributed by atoms with Gasteiger partial charge in [0, 0.05) is 45.8 Å². The lowest BCUT2D eigenvalue weighted by Crippen LogP contribution is -2.58. The fourth-order valence-electron chi connectivity index (χ4n) is 3.89. The molecule has 0 saturated carbocycles. The number of hydrogen-bond acceptors (Lipinski definition) is 6. The van der Waals surface area contributed by atoms with E-state index in [2.05, 4.69) is 0 Å². The van der Waals surface area contributed by atoms with Gasteiger partial charge in [0.25, 0.3) is 16.1 Å². The lowest BCUT2D eigenvalue weighted by atomic mass is 10.1. The van der Waals surface area contributed by atoms with E-state index in [1.165, 1.54) is 8.61 Å². The predicted octanol–water partition coefficient (Wildman–Crippen LogP) is -1.01. The molecule has 0 aromatic rings. The van der Waals surface area contributed by atoms with Gasteiger partial charge in [0.15, 0.2) is 0 Å². The average molecular weight is 391 g/mol. The molecule has 0 radical (unpaired) electrons. The molecule has 2 N–H and O–H groups in total. The number of carbonyl (C=O) groups excluding carboxylic acids is 1. The van der Waals surface area contributed by atoms with Gasteiger partial charge in [-0.05, 0) is 26.7 Å². The Balaban J connectivity index is 1.55. The molecule has 0 aromatic heterocycles. The molecular formula is C16H30N4O5S. The van der Waals surface area contributed by atoms with E-state index in [4.69, 9.17) is 15.2 Å². The van der Waals surface area contributed by atoms with Gasteiger partial charge in [-0.2, -0.15) is 17.0 Å². The van der Waals surface area contributed by atoms with Crippen LogP contribution in [-0.2, 0) is 24.5 Å². The smallest absolute Gasteiger partial charge is 0.282 e. The van der Waals surface area contributed by atoms with Gasteiger partial charge in [-0.3, -0.25) is 4.79 Å². The van der Waals surface area contributed by atoms with Crippen molar-refractivity contribution < 1.29 is 22.7 Å². The van der Waals surface area contributed by atoms with Gasteiger partial charge >= 0.3 is 0 Å². The highest BCUT2D eigenvalue weighted by atomic mass is 32.2. The second-order valence-electron chi connectivity index (χ2n) is 7.37. The van der Waals surface area contributed by atoms with Crippen LogP contribution in [0.25, 0.3) is 0 Å². The van der Waals surface area contributed by atoms with E-state index in [0.29, 0.717) is 52.2 Å². The van der Waals surface area contributed by atoms with Crippen LogP contribution in [0.4, 0.5) is 0 Å². The van der Waals surface area contributed by atoms with Gasteiger partial charge in [-0.25, -0.2) is 0 Å². The van der Waals surface area contributed by atoms with Crippen molar-refractivity contribution in [1.29, 1.82) is 0 Å². The molecule has 3 rings (SSSR count). The van der Waals surface area contributed by atoms with Crippen molar-refractivity contribution in [3.05, 3.63) is 0 Å². The van der Waals surface area contributed by atoms with Gasteiger partial charge in [0.1, 0.15) is 6.10 Å². The van der Waals surface area contributed by atoms with Crippen LogP contribution in [0.15, 0.2) is 0 Å². The van der Waals surface area contributed by atoms with Crippen molar-refractivity contribution in [2.45, 2.75) is 51.1 Å². The van der Waals surface area contributed by atoms with Gasteiger partial charge in [0.05, 0.1) is 18.3 Å². The predicted molar refractivity (Wildman–Crippen MR) is 95.6 cm³/mol. The molecule has 3 aliphatic rings. The first kappa shape index (κ1) is 20.0. The maximum atomic E-state index is 12.9. The standard InChI is InChI=1S/C16H30N4O5S/c1-12-10-20(11-13(2)24-12)26(22,23)19-7-5-18(6-8-19)16(21)15-4-3-14(9-17)25-15/h12-15H,3-11,17H2,1-2H3/t12?,13?,14-,15+/m1/s1. The Morgan fingerprint density at radius 1 is 1.00 bits per heavy atom. The van der Waals surface area contributed by atoms with Crippen LogP contribution in [-0.4, -0.2) is 98.1 Å². The van der Waals surface area contributed by atoms with Crippen LogP contribution in [0.5, 0.6) is 0 Å². The minimum absolute atomic E-state index is 0.0454. The number of carbonyl (C=O) groups is 1. The molecule has 26 heavy (non-hydrogen) atoms. The highest BCUT2D eigenvalue weighted by Crippen LogP contribution is 2.23. The zero-order valence-electron chi connectivity index (χ0n) is 15.5.